The summed E-state index contributed by atoms with van der Waals surface area (Å²) < 4.78 is 0. The molecule has 0 saturated heterocycles. The Morgan fingerprint density at radius 3 is 2.57 bits per heavy atom. The van der Waals surface area contributed by atoms with E-state index in [1.807, 2.05) is 19.1 Å². The zero-order valence-corrected chi connectivity index (χ0v) is 17.2. The van der Waals surface area contributed by atoms with E-state index in [0.29, 0.717) is 27.4 Å². The van der Waals surface area contributed by atoms with E-state index < -0.39 is 6.03 Å². The number of hydrazine groups is 1. The molecule has 2 aromatic rings. The first-order valence-electron chi connectivity index (χ1n) is 8.89. The quantitative estimate of drug-likeness (QED) is 0.293. The fourth-order valence-corrected chi connectivity index (χ4v) is 3.40. The van der Waals surface area contributed by atoms with E-state index in [1.165, 1.54) is 7.05 Å². The number of carbonyl (C=O) groups is 1. The molecule has 6 nitrogen and oxygen atoms in total. The number of halogens is 2. The first kappa shape index (κ1) is 20.5. The van der Waals surface area contributed by atoms with Gasteiger partial charge >= 0.3 is 6.03 Å². The van der Waals surface area contributed by atoms with Crippen LogP contribution in [0.25, 0.3) is 0 Å². The molecule has 0 heterocycles. The van der Waals surface area contributed by atoms with Gasteiger partial charge in [0.1, 0.15) is 6.61 Å². The van der Waals surface area contributed by atoms with Crippen LogP contribution in [0.4, 0.5) is 10.5 Å². The highest BCUT2D eigenvalue weighted by molar-refractivity contribution is 6.35. The molecule has 0 bridgehead atoms. The molecule has 0 radical (unpaired) electrons. The van der Waals surface area contributed by atoms with E-state index in [-0.39, 0.29) is 6.61 Å². The zero-order valence-electron chi connectivity index (χ0n) is 15.7. The number of amides is 2. The molecule has 2 aromatic carbocycles. The third-order valence-corrected chi connectivity index (χ3v) is 4.92. The molecule has 0 unspecified atom stereocenters. The minimum absolute atomic E-state index is 0.224. The molecule has 0 spiro atoms. The average Bonchev–Trinajstić information content (AvgIpc) is 3.46. The average molecular weight is 421 g/mol. The van der Waals surface area contributed by atoms with Gasteiger partial charge in [0.05, 0.1) is 5.71 Å². The fourth-order valence-electron chi connectivity index (χ4n) is 2.87. The highest BCUT2D eigenvalue weighted by atomic mass is 35.5. The normalized spacial score (nSPS) is 14.0. The van der Waals surface area contributed by atoms with Gasteiger partial charge in [-0.25, -0.2) is 10.6 Å². The molecule has 148 valence electrons. The Kier molecular flexibility index (Phi) is 6.44. The molecule has 3 N–H and O–H groups in total. The van der Waals surface area contributed by atoms with Crippen LogP contribution < -0.4 is 11.2 Å². The van der Waals surface area contributed by atoms with Crippen LogP contribution in [-0.4, -0.2) is 23.8 Å². The number of hydrogen-bond acceptors (Lipinski definition) is 4. The van der Waals surface area contributed by atoms with Crippen LogP contribution in [0.1, 0.15) is 42.4 Å². The number of benzene rings is 2. The van der Waals surface area contributed by atoms with Crippen LogP contribution in [0.15, 0.2) is 41.6 Å². The van der Waals surface area contributed by atoms with Crippen molar-refractivity contribution in [3.05, 3.63) is 63.1 Å². The number of rotatable bonds is 6. The molecule has 0 aliphatic heterocycles. The number of hydrogen-bond donors (Lipinski definition) is 2. The minimum atomic E-state index is -0.401. The van der Waals surface area contributed by atoms with Crippen molar-refractivity contribution in [1.29, 1.82) is 0 Å². The van der Waals surface area contributed by atoms with Crippen LogP contribution >= 0.6 is 23.2 Å². The topological polar surface area (TPSA) is 80.0 Å². The lowest BCUT2D eigenvalue weighted by atomic mass is 10.0. The summed E-state index contributed by atoms with van der Waals surface area (Å²) in [4.78, 5) is 17.6. The summed E-state index contributed by atoms with van der Waals surface area (Å²) in [6.45, 7) is 2.04. The maximum atomic E-state index is 12.0. The fraction of sp³-hybridized carbons (Fsp3) is 0.300. The highest BCUT2D eigenvalue weighted by Crippen LogP contribution is 2.43. The van der Waals surface area contributed by atoms with Crippen molar-refractivity contribution in [2.45, 2.75) is 32.3 Å². The number of nitrogens with two attached hydrogens (primary N) is 1. The smallest absolute Gasteiger partial charge is 0.335 e. The minimum Gasteiger partial charge on any atom is -0.391 e. The Morgan fingerprint density at radius 1 is 1.29 bits per heavy atom. The summed E-state index contributed by atoms with van der Waals surface area (Å²) in [5.74, 6) is 6.01. The molecular formula is C20H22Cl2N4O2. The number of nitrogens with zero attached hydrogens (tertiary/aromatic N) is 2. The SMILES string of the molecule is CC(=NOCc1c(NC(=O)N(C)N)cccc1C1CC1)c1cc(Cl)cc(Cl)c1. The molecule has 1 fully saturated rings. The highest BCUT2D eigenvalue weighted by Gasteiger charge is 2.27. The van der Waals surface area contributed by atoms with Crippen molar-refractivity contribution in [2.24, 2.45) is 11.0 Å². The van der Waals surface area contributed by atoms with Crippen LogP contribution in [0.5, 0.6) is 0 Å². The van der Waals surface area contributed by atoms with Gasteiger partial charge < -0.3 is 10.2 Å². The molecule has 2 amide bonds. The van der Waals surface area contributed by atoms with Crippen molar-refractivity contribution in [3.8, 4) is 0 Å². The molecule has 0 aromatic heterocycles. The second-order valence-corrected chi connectivity index (χ2v) is 7.67. The van der Waals surface area contributed by atoms with E-state index in [4.69, 9.17) is 33.9 Å². The van der Waals surface area contributed by atoms with E-state index in [0.717, 1.165) is 34.5 Å². The molecule has 8 heteroatoms. The lowest BCUT2D eigenvalue weighted by molar-refractivity contribution is 0.130. The van der Waals surface area contributed by atoms with Crippen molar-refractivity contribution in [1.82, 2.24) is 5.01 Å². The van der Waals surface area contributed by atoms with Crippen LogP contribution in [0, 0.1) is 0 Å². The largest absolute Gasteiger partial charge is 0.391 e. The Labute approximate surface area is 174 Å². The van der Waals surface area contributed by atoms with Crippen molar-refractivity contribution < 1.29 is 9.63 Å². The van der Waals surface area contributed by atoms with Crippen LogP contribution in [0.3, 0.4) is 0 Å². The first-order valence-corrected chi connectivity index (χ1v) is 9.65. The van der Waals surface area contributed by atoms with Crippen LogP contribution in [-0.2, 0) is 11.4 Å². The molecule has 28 heavy (non-hydrogen) atoms. The number of anilines is 1. The first-order chi connectivity index (χ1) is 13.3. The van der Waals surface area contributed by atoms with Crippen molar-refractivity contribution >= 4 is 40.6 Å². The lowest BCUT2D eigenvalue weighted by Crippen LogP contribution is -2.37. The van der Waals surface area contributed by atoms with E-state index in [1.54, 1.807) is 18.2 Å². The molecule has 3 rings (SSSR count). The van der Waals surface area contributed by atoms with Crippen molar-refractivity contribution in [2.75, 3.05) is 12.4 Å². The van der Waals surface area contributed by atoms with Gasteiger partial charge in [-0.05, 0) is 55.5 Å². The summed E-state index contributed by atoms with van der Waals surface area (Å²) in [5, 5.41) is 9.08. The van der Waals surface area contributed by atoms with E-state index in [9.17, 15) is 4.79 Å². The van der Waals surface area contributed by atoms with Gasteiger partial charge in [0, 0.05) is 33.9 Å². The van der Waals surface area contributed by atoms with Gasteiger partial charge in [-0.3, -0.25) is 5.01 Å². The van der Waals surface area contributed by atoms with Gasteiger partial charge in [-0.1, -0.05) is 40.5 Å². The van der Waals surface area contributed by atoms with E-state index >= 15 is 0 Å². The number of oxime groups is 1. The summed E-state index contributed by atoms with van der Waals surface area (Å²) in [6, 6.07) is 10.6. The molecule has 0 atom stereocenters. The third kappa shape index (κ3) is 5.16. The standard InChI is InChI=1S/C20H22Cl2N4O2/c1-12(14-8-15(21)10-16(22)9-14)25-28-11-18-17(13-6-7-13)4-3-5-19(18)24-20(27)26(2)23/h3-5,8-10,13H,6-7,11,23H2,1-2H3,(H,24,27). The zero-order chi connectivity index (χ0) is 20.3. The number of carbonyl (C=O) groups excluding carboxylic acids is 1. The molecule has 1 aliphatic carbocycles. The third-order valence-electron chi connectivity index (χ3n) is 4.48. The lowest BCUT2D eigenvalue weighted by Gasteiger charge is -2.17. The maximum absolute atomic E-state index is 12.0. The van der Waals surface area contributed by atoms with Gasteiger partial charge in [-0.2, -0.15) is 0 Å². The predicted molar refractivity (Wildman–Crippen MR) is 113 cm³/mol. The van der Waals surface area contributed by atoms with Gasteiger partial charge in [0.25, 0.3) is 0 Å². The van der Waals surface area contributed by atoms with Gasteiger partial charge in [0.15, 0.2) is 0 Å². The maximum Gasteiger partial charge on any atom is 0.335 e. The predicted octanol–water partition coefficient (Wildman–Crippen LogP) is 5.15. The second-order valence-electron chi connectivity index (χ2n) is 6.80. The molecular weight excluding hydrogens is 399 g/mol. The summed E-state index contributed by atoms with van der Waals surface area (Å²) in [6.07, 6.45) is 2.26. The Morgan fingerprint density at radius 2 is 1.96 bits per heavy atom. The summed E-state index contributed by atoms with van der Waals surface area (Å²) in [5.41, 5.74) is 4.18. The Hall–Kier alpha value is -2.28. The molecule has 1 aliphatic rings. The Bertz CT molecular complexity index is 891. The monoisotopic (exact) mass is 420 g/mol. The van der Waals surface area contributed by atoms with Crippen molar-refractivity contribution in [3.63, 3.8) is 0 Å². The van der Waals surface area contributed by atoms with Gasteiger partial charge in [-0.15, -0.1) is 0 Å². The number of nitrogens with one attached hydrogen (secondary N) is 1. The van der Waals surface area contributed by atoms with E-state index in [2.05, 4.69) is 16.5 Å². The molecule has 1 saturated carbocycles. The van der Waals surface area contributed by atoms with Gasteiger partial charge in [0.2, 0.25) is 0 Å². The number of urea groups is 1. The van der Waals surface area contributed by atoms with Crippen LogP contribution in [0.2, 0.25) is 10.0 Å². The summed E-state index contributed by atoms with van der Waals surface area (Å²) >= 11 is 12.1. The second kappa shape index (κ2) is 8.82. The Balaban J connectivity index is 1.79. The summed E-state index contributed by atoms with van der Waals surface area (Å²) in [7, 11) is 1.49.